The quantitative estimate of drug-likeness (QED) is 0.877. The maximum absolute atomic E-state index is 9.41. The summed E-state index contributed by atoms with van der Waals surface area (Å²) in [4.78, 5) is 0. The first kappa shape index (κ1) is 14.7. The topological polar surface area (TPSA) is 35.8 Å². The molecule has 0 spiro atoms. The molecule has 1 aromatic carbocycles. The molecule has 1 rings (SSSR count). The molecule has 2 heteroatoms. The summed E-state index contributed by atoms with van der Waals surface area (Å²) < 4.78 is 0. The molecule has 18 heavy (non-hydrogen) atoms. The predicted octanol–water partition coefficient (Wildman–Crippen LogP) is 3.67. The second-order valence-corrected chi connectivity index (χ2v) is 5.48. The molecule has 0 saturated carbocycles. The third kappa shape index (κ3) is 2.91. The second kappa shape index (κ2) is 6.02. The molecule has 0 aliphatic heterocycles. The van der Waals surface area contributed by atoms with Gasteiger partial charge in [-0.05, 0) is 50.4 Å². The molecule has 0 aromatic heterocycles. The van der Waals surface area contributed by atoms with Crippen molar-refractivity contribution in [3.63, 3.8) is 0 Å². The lowest BCUT2D eigenvalue weighted by atomic mass is 9.82. The summed E-state index contributed by atoms with van der Waals surface area (Å²) in [6.45, 7) is 10.6. The number of benzene rings is 1. The summed E-state index contributed by atoms with van der Waals surface area (Å²) >= 11 is 0. The first-order valence-electron chi connectivity index (χ1n) is 6.57. The zero-order chi connectivity index (χ0) is 13.9. The molecule has 2 unspecified atom stereocenters. The van der Waals surface area contributed by atoms with E-state index in [0.29, 0.717) is 5.92 Å². The van der Waals surface area contributed by atoms with E-state index in [2.05, 4.69) is 58.1 Å². The molecule has 0 aliphatic rings. The zero-order valence-electron chi connectivity index (χ0n) is 12.3. The van der Waals surface area contributed by atoms with Gasteiger partial charge < -0.3 is 5.32 Å². The lowest BCUT2D eigenvalue weighted by molar-refractivity contribution is 0.361. The number of rotatable bonds is 4. The monoisotopic (exact) mass is 244 g/mol. The van der Waals surface area contributed by atoms with Gasteiger partial charge in [0.15, 0.2) is 0 Å². The SMILES string of the molecule is CNC(c1c(C)cc(C)cc1C)C(C#N)C(C)C. The van der Waals surface area contributed by atoms with Gasteiger partial charge in [0.05, 0.1) is 12.0 Å². The first-order chi connectivity index (χ1) is 8.42. The van der Waals surface area contributed by atoms with Crippen LogP contribution in [-0.4, -0.2) is 7.05 Å². The molecule has 0 bridgehead atoms. The Labute approximate surface area is 111 Å². The molecule has 0 radical (unpaired) electrons. The molecular weight excluding hydrogens is 220 g/mol. The van der Waals surface area contributed by atoms with Gasteiger partial charge in [-0.1, -0.05) is 31.5 Å². The average Bonchev–Trinajstić information content (AvgIpc) is 2.25. The Morgan fingerprint density at radius 3 is 1.94 bits per heavy atom. The third-order valence-corrected chi connectivity index (χ3v) is 3.59. The Morgan fingerprint density at radius 1 is 1.11 bits per heavy atom. The van der Waals surface area contributed by atoms with Crippen molar-refractivity contribution in [3.8, 4) is 6.07 Å². The summed E-state index contributed by atoms with van der Waals surface area (Å²) in [6.07, 6.45) is 0. The standard InChI is InChI=1S/C16H24N2/c1-10(2)14(9-17)16(18-6)15-12(4)7-11(3)8-13(15)5/h7-8,10,14,16,18H,1-6H3. The van der Waals surface area contributed by atoms with Crippen molar-refractivity contribution in [1.29, 1.82) is 5.26 Å². The van der Waals surface area contributed by atoms with E-state index >= 15 is 0 Å². The summed E-state index contributed by atoms with van der Waals surface area (Å²) in [7, 11) is 1.94. The Morgan fingerprint density at radius 2 is 1.61 bits per heavy atom. The molecule has 0 saturated heterocycles. The van der Waals surface area contributed by atoms with Crippen molar-refractivity contribution >= 4 is 0 Å². The highest BCUT2D eigenvalue weighted by atomic mass is 14.9. The fourth-order valence-electron chi connectivity index (χ4n) is 2.79. The normalized spacial score (nSPS) is 14.3. The molecule has 1 N–H and O–H groups in total. The Balaban J connectivity index is 3.30. The second-order valence-electron chi connectivity index (χ2n) is 5.48. The van der Waals surface area contributed by atoms with Crippen LogP contribution in [0.1, 0.15) is 42.1 Å². The summed E-state index contributed by atoms with van der Waals surface area (Å²) in [6, 6.07) is 6.96. The van der Waals surface area contributed by atoms with E-state index in [1.54, 1.807) is 0 Å². The number of hydrogen-bond donors (Lipinski definition) is 1. The van der Waals surface area contributed by atoms with Crippen LogP contribution >= 0.6 is 0 Å². The highest BCUT2D eigenvalue weighted by Gasteiger charge is 2.26. The van der Waals surface area contributed by atoms with Crippen LogP contribution in [0.3, 0.4) is 0 Å². The summed E-state index contributed by atoms with van der Waals surface area (Å²) in [5, 5.41) is 12.7. The lowest BCUT2D eigenvalue weighted by Crippen LogP contribution is -2.29. The average molecular weight is 244 g/mol. The fraction of sp³-hybridized carbons (Fsp3) is 0.562. The van der Waals surface area contributed by atoms with E-state index in [1.807, 2.05) is 7.05 Å². The Kier molecular flexibility index (Phi) is 4.93. The molecule has 98 valence electrons. The van der Waals surface area contributed by atoms with E-state index in [4.69, 9.17) is 0 Å². The van der Waals surface area contributed by atoms with E-state index in [1.165, 1.54) is 22.3 Å². The highest BCUT2D eigenvalue weighted by molar-refractivity contribution is 5.40. The van der Waals surface area contributed by atoms with Crippen molar-refractivity contribution < 1.29 is 0 Å². The molecule has 1 aromatic rings. The van der Waals surface area contributed by atoms with E-state index < -0.39 is 0 Å². The number of hydrogen-bond acceptors (Lipinski definition) is 2. The molecule has 0 fully saturated rings. The largest absolute Gasteiger partial charge is 0.312 e. The first-order valence-corrected chi connectivity index (χ1v) is 6.57. The minimum absolute atomic E-state index is 0.00453. The van der Waals surface area contributed by atoms with Crippen molar-refractivity contribution in [2.75, 3.05) is 7.05 Å². The van der Waals surface area contributed by atoms with Gasteiger partial charge in [-0.15, -0.1) is 0 Å². The number of aryl methyl sites for hydroxylation is 3. The van der Waals surface area contributed by atoms with E-state index in [0.717, 1.165) is 0 Å². The van der Waals surface area contributed by atoms with Crippen LogP contribution in [0.5, 0.6) is 0 Å². The van der Waals surface area contributed by atoms with E-state index in [9.17, 15) is 5.26 Å². The molecule has 0 aliphatic carbocycles. The molecule has 2 nitrogen and oxygen atoms in total. The van der Waals surface area contributed by atoms with E-state index in [-0.39, 0.29) is 12.0 Å². The zero-order valence-corrected chi connectivity index (χ0v) is 12.3. The molecule has 0 amide bonds. The lowest BCUT2D eigenvalue weighted by Gasteiger charge is -2.28. The van der Waals surface area contributed by atoms with Gasteiger partial charge in [0.25, 0.3) is 0 Å². The van der Waals surface area contributed by atoms with Crippen LogP contribution < -0.4 is 5.32 Å². The minimum atomic E-state index is -0.00453. The van der Waals surface area contributed by atoms with Crippen molar-refractivity contribution in [1.82, 2.24) is 5.32 Å². The highest BCUT2D eigenvalue weighted by Crippen LogP contribution is 2.32. The maximum atomic E-state index is 9.41. The van der Waals surface area contributed by atoms with Crippen LogP contribution in [0.2, 0.25) is 0 Å². The summed E-state index contributed by atoms with van der Waals surface area (Å²) in [5.41, 5.74) is 5.10. The molecule has 2 atom stereocenters. The van der Waals surface area contributed by atoms with Gasteiger partial charge >= 0.3 is 0 Å². The van der Waals surface area contributed by atoms with Crippen LogP contribution in [0.4, 0.5) is 0 Å². The summed E-state index contributed by atoms with van der Waals surface area (Å²) in [5.74, 6) is 0.336. The van der Waals surface area contributed by atoms with Crippen molar-refractivity contribution in [3.05, 3.63) is 34.4 Å². The molecule has 0 heterocycles. The van der Waals surface area contributed by atoms with Gasteiger partial charge in [0, 0.05) is 6.04 Å². The maximum Gasteiger partial charge on any atom is 0.0681 e. The van der Waals surface area contributed by atoms with Gasteiger partial charge in [-0.2, -0.15) is 5.26 Å². The number of nitrogens with one attached hydrogen (secondary N) is 1. The predicted molar refractivity (Wildman–Crippen MR) is 76.4 cm³/mol. The van der Waals surface area contributed by atoms with Gasteiger partial charge in [0.2, 0.25) is 0 Å². The Bertz CT molecular complexity index is 432. The smallest absolute Gasteiger partial charge is 0.0681 e. The van der Waals surface area contributed by atoms with Crippen LogP contribution in [0.25, 0.3) is 0 Å². The van der Waals surface area contributed by atoms with Crippen LogP contribution in [0, 0.1) is 43.9 Å². The van der Waals surface area contributed by atoms with Crippen LogP contribution in [-0.2, 0) is 0 Å². The van der Waals surface area contributed by atoms with Gasteiger partial charge in [-0.25, -0.2) is 0 Å². The minimum Gasteiger partial charge on any atom is -0.312 e. The van der Waals surface area contributed by atoms with Crippen molar-refractivity contribution in [2.24, 2.45) is 11.8 Å². The van der Waals surface area contributed by atoms with Crippen molar-refractivity contribution in [2.45, 2.75) is 40.7 Å². The third-order valence-electron chi connectivity index (χ3n) is 3.59. The number of nitriles is 1. The molecular formula is C16H24N2. The van der Waals surface area contributed by atoms with Gasteiger partial charge in [0.1, 0.15) is 0 Å². The fourth-order valence-corrected chi connectivity index (χ4v) is 2.79. The van der Waals surface area contributed by atoms with Gasteiger partial charge in [-0.3, -0.25) is 0 Å². The van der Waals surface area contributed by atoms with Crippen LogP contribution in [0.15, 0.2) is 12.1 Å². The number of nitrogens with zero attached hydrogens (tertiary/aromatic N) is 1. The Hall–Kier alpha value is -1.33.